The van der Waals surface area contributed by atoms with Crippen LogP contribution < -0.4 is 11.1 Å². The van der Waals surface area contributed by atoms with Crippen LogP contribution in [0.3, 0.4) is 0 Å². The highest BCUT2D eigenvalue weighted by molar-refractivity contribution is 5.42. The predicted molar refractivity (Wildman–Crippen MR) is 65.1 cm³/mol. The maximum absolute atomic E-state index is 9.82. The molecule has 4 nitrogen and oxygen atoms in total. The van der Waals surface area contributed by atoms with E-state index in [1.807, 2.05) is 12.1 Å². The van der Waals surface area contributed by atoms with Crippen molar-refractivity contribution in [1.82, 2.24) is 4.98 Å². The van der Waals surface area contributed by atoms with Crippen LogP contribution in [0.5, 0.6) is 0 Å². The summed E-state index contributed by atoms with van der Waals surface area (Å²) >= 11 is 0. The highest BCUT2D eigenvalue weighted by Crippen LogP contribution is 2.24. The van der Waals surface area contributed by atoms with Crippen molar-refractivity contribution in [3.8, 4) is 0 Å². The van der Waals surface area contributed by atoms with Crippen molar-refractivity contribution >= 4 is 11.6 Å². The monoisotopic (exact) mass is 221 g/mol. The number of nitrogens with zero attached hydrogens (tertiary/aromatic N) is 1. The molecular weight excluding hydrogens is 202 g/mol. The van der Waals surface area contributed by atoms with Crippen LogP contribution in [-0.4, -0.2) is 22.7 Å². The zero-order chi connectivity index (χ0) is 11.4. The van der Waals surface area contributed by atoms with Crippen molar-refractivity contribution in [3.63, 3.8) is 0 Å². The number of hydrogen-bond donors (Lipinski definition) is 3. The first-order chi connectivity index (χ1) is 7.75. The molecule has 2 unspecified atom stereocenters. The number of aliphatic hydroxyl groups is 1. The minimum absolute atomic E-state index is 0.165. The summed E-state index contributed by atoms with van der Waals surface area (Å²) in [7, 11) is 0. The number of aliphatic hydroxyl groups excluding tert-OH is 1. The van der Waals surface area contributed by atoms with E-state index in [0.29, 0.717) is 11.7 Å². The van der Waals surface area contributed by atoms with E-state index in [9.17, 15) is 5.11 Å². The molecule has 0 amide bonds. The molecule has 4 heteroatoms. The van der Waals surface area contributed by atoms with Gasteiger partial charge in [-0.3, -0.25) is 0 Å². The number of hydrogen-bond acceptors (Lipinski definition) is 4. The van der Waals surface area contributed by atoms with E-state index in [0.717, 1.165) is 31.6 Å². The molecule has 4 N–H and O–H groups in total. The summed E-state index contributed by atoms with van der Waals surface area (Å²) in [6, 6.07) is 5.54. The molecule has 1 aromatic heterocycles. The van der Waals surface area contributed by atoms with Crippen molar-refractivity contribution in [2.75, 3.05) is 17.6 Å². The zero-order valence-electron chi connectivity index (χ0n) is 9.39. The molecule has 0 aliphatic heterocycles. The minimum Gasteiger partial charge on any atom is -0.393 e. The summed E-state index contributed by atoms with van der Waals surface area (Å²) < 4.78 is 0. The maximum Gasteiger partial charge on any atom is 0.128 e. The minimum atomic E-state index is -0.165. The van der Waals surface area contributed by atoms with E-state index in [1.165, 1.54) is 6.42 Å². The van der Waals surface area contributed by atoms with Crippen LogP contribution in [0, 0.1) is 5.92 Å². The predicted octanol–water partition coefficient (Wildman–Crippen LogP) is 1.63. The van der Waals surface area contributed by atoms with Gasteiger partial charge in [-0.2, -0.15) is 0 Å². The number of nitrogens with one attached hydrogen (secondary N) is 1. The molecule has 2 atom stereocenters. The summed E-state index contributed by atoms with van der Waals surface area (Å²) in [5.41, 5.74) is 5.59. The van der Waals surface area contributed by atoms with Crippen molar-refractivity contribution in [1.29, 1.82) is 0 Å². The Kier molecular flexibility index (Phi) is 3.62. The van der Waals surface area contributed by atoms with Crippen LogP contribution in [-0.2, 0) is 0 Å². The van der Waals surface area contributed by atoms with Crippen LogP contribution in [0.2, 0.25) is 0 Å². The van der Waals surface area contributed by atoms with Gasteiger partial charge in [-0.15, -0.1) is 0 Å². The van der Waals surface area contributed by atoms with Gasteiger partial charge >= 0.3 is 0 Å². The number of nitrogens with two attached hydrogens (primary N) is 1. The Balaban J connectivity index is 1.86. The van der Waals surface area contributed by atoms with Crippen molar-refractivity contribution < 1.29 is 5.11 Å². The smallest absolute Gasteiger partial charge is 0.128 e. The van der Waals surface area contributed by atoms with Crippen LogP contribution in [0.25, 0.3) is 0 Å². The van der Waals surface area contributed by atoms with Crippen molar-refractivity contribution in [2.24, 2.45) is 5.92 Å². The fourth-order valence-electron chi connectivity index (χ4n) is 2.21. The summed E-state index contributed by atoms with van der Waals surface area (Å²) in [5.74, 6) is 1.66. The highest BCUT2D eigenvalue weighted by atomic mass is 16.3. The molecule has 0 aromatic carbocycles. The van der Waals surface area contributed by atoms with E-state index >= 15 is 0 Å². The van der Waals surface area contributed by atoms with E-state index in [4.69, 9.17) is 5.73 Å². The first-order valence-electron chi connectivity index (χ1n) is 5.90. The molecule has 88 valence electrons. The van der Waals surface area contributed by atoms with Gasteiger partial charge in [0, 0.05) is 12.5 Å². The number of anilines is 2. The molecule has 0 radical (unpaired) electrons. The molecule has 1 aromatic rings. The summed E-state index contributed by atoms with van der Waals surface area (Å²) in [5, 5.41) is 13.1. The van der Waals surface area contributed by atoms with E-state index in [2.05, 4.69) is 10.3 Å². The second-order valence-corrected chi connectivity index (χ2v) is 4.44. The van der Waals surface area contributed by atoms with Gasteiger partial charge in [0.1, 0.15) is 11.6 Å². The average Bonchev–Trinajstić information content (AvgIpc) is 2.28. The molecule has 2 rings (SSSR count). The Hall–Kier alpha value is -1.29. The molecule has 1 saturated carbocycles. The quantitative estimate of drug-likeness (QED) is 0.725. The second-order valence-electron chi connectivity index (χ2n) is 4.44. The lowest BCUT2D eigenvalue weighted by atomic mass is 9.86. The van der Waals surface area contributed by atoms with Gasteiger partial charge in [0.05, 0.1) is 6.10 Å². The third-order valence-corrected chi connectivity index (χ3v) is 3.18. The lowest BCUT2D eigenvalue weighted by molar-refractivity contribution is 0.0763. The van der Waals surface area contributed by atoms with Crippen LogP contribution in [0.1, 0.15) is 25.7 Å². The average molecular weight is 221 g/mol. The number of aromatic nitrogens is 1. The van der Waals surface area contributed by atoms with E-state index in [1.54, 1.807) is 6.07 Å². The molecular formula is C12H19N3O. The maximum atomic E-state index is 9.82. The molecule has 1 heterocycles. The van der Waals surface area contributed by atoms with Gasteiger partial charge in [0.2, 0.25) is 0 Å². The zero-order valence-corrected chi connectivity index (χ0v) is 9.39. The van der Waals surface area contributed by atoms with Crippen molar-refractivity contribution in [2.45, 2.75) is 31.8 Å². The topological polar surface area (TPSA) is 71.2 Å². The van der Waals surface area contributed by atoms with Gasteiger partial charge in [-0.1, -0.05) is 18.9 Å². The second kappa shape index (κ2) is 5.16. The first-order valence-corrected chi connectivity index (χ1v) is 5.90. The van der Waals surface area contributed by atoms with Crippen LogP contribution in [0.15, 0.2) is 18.2 Å². The first kappa shape index (κ1) is 11.2. The fraction of sp³-hybridized carbons (Fsp3) is 0.583. The van der Waals surface area contributed by atoms with Crippen molar-refractivity contribution in [3.05, 3.63) is 18.2 Å². The molecule has 1 aliphatic carbocycles. The lowest BCUT2D eigenvalue weighted by Gasteiger charge is -2.27. The standard InChI is InChI=1S/C12H19N3O/c13-11-6-3-7-12(15-11)14-8-9-4-1-2-5-10(9)16/h3,6-7,9-10,16H,1-2,4-5,8H2,(H3,13,14,15). The summed E-state index contributed by atoms with van der Waals surface area (Å²) in [6.45, 7) is 0.775. The largest absolute Gasteiger partial charge is 0.393 e. The fourth-order valence-corrected chi connectivity index (χ4v) is 2.21. The Bertz CT molecular complexity index is 343. The van der Waals surface area contributed by atoms with Gasteiger partial charge in [-0.05, 0) is 25.0 Å². The third kappa shape index (κ3) is 2.85. The van der Waals surface area contributed by atoms with Gasteiger partial charge in [0.25, 0.3) is 0 Å². The Morgan fingerprint density at radius 1 is 1.38 bits per heavy atom. The third-order valence-electron chi connectivity index (χ3n) is 3.18. The SMILES string of the molecule is Nc1cccc(NCC2CCCCC2O)n1. The molecule has 0 saturated heterocycles. The van der Waals surface area contributed by atoms with E-state index < -0.39 is 0 Å². The van der Waals surface area contributed by atoms with E-state index in [-0.39, 0.29) is 6.10 Å². The summed E-state index contributed by atoms with van der Waals surface area (Å²) in [4.78, 5) is 4.17. The molecule has 16 heavy (non-hydrogen) atoms. The Morgan fingerprint density at radius 3 is 2.94 bits per heavy atom. The van der Waals surface area contributed by atoms with Crippen LogP contribution in [0.4, 0.5) is 11.6 Å². The molecule has 1 fully saturated rings. The summed E-state index contributed by atoms with van der Waals surface area (Å²) in [6.07, 6.45) is 4.22. The molecule has 1 aliphatic rings. The van der Waals surface area contributed by atoms with Gasteiger partial charge in [-0.25, -0.2) is 4.98 Å². The normalized spacial score (nSPS) is 25.3. The van der Waals surface area contributed by atoms with Gasteiger partial charge in [0.15, 0.2) is 0 Å². The van der Waals surface area contributed by atoms with Crippen LogP contribution >= 0.6 is 0 Å². The lowest BCUT2D eigenvalue weighted by Crippen LogP contribution is -2.30. The molecule has 0 bridgehead atoms. The number of rotatable bonds is 3. The Morgan fingerprint density at radius 2 is 2.19 bits per heavy atom. The number of pyridine rings is 1. The molecule has 0 spiro atoms. The highest BCUT2D eigenvalue weighted by Gasteiger charge is 2.22. The van der Waals surface area contributed by atoms with Gasteiger partial charge < -0.3 is 16.2 Å². The Labute approximate surface area is 95.9 Å². The number of nitrogen functional groups attached to an aromatic ring is 1.